The average Bonchev–Trinajstić information content (AvgIpc) is 2.40. The fourth-order valence-corrected chi connectivity index (χ4v) is 2.08. The molecule has 110 valence electrons. The van der Waals surface area contributed by atoms with Gasteiger partial charge in [-0.15, -0.1) is 24.8 Å². The Morgan fingerprint density at radius 2 is 1.74 bits per heavy atom. The third-order valence-electron chi connectivity index (χ3n) is 3.12. The van der Waals surface area contributed by atoms with Crippen LogP contribution in [-0.2, 0) is 4.74 Å². The number of hydrogen-bond acceptors (Lipinski definition) is 4. The second-order valence-electron chi connectivity index (χ2n) is 4.43. The molecule has 19 heavy (non-hydrogen) atoms. The molecule has 2 atom stereocenters. The van der Waals surface area contributed by atoms with Gasteiger partial charge in [0.2, 0.25) is 0 Å². The summed E-state index contributed by atoms with van der Waals surface area (Å²) in [5, 5.41) is 10.1. The highest BCUT2D eigenvalue weighted by molar-refractivity contribution is 5.85. The van der Waals surface area contributed by atoms with Crippen LogP contribution >= 0.6 is 24.8 Å². The van der Waals surface area contributed by atoms with Crippen LogP contribution in [0.25, 0.3) is 0 Å². The van der Waals surface area contributed by atoms with Crippen molar-refractivity contribution in [1.82, 2.24) is 4.90 Å². The Hall–Kier alpha value is -0.360. The van der Waals surface area contributed by atoms with Gasteiger partial charge < -0.3 is 15.6 Å². The Labute approximate surface area is 126 Å². The summed E-state index contributed by atoms with van der Waals surface area (Å²) < 4.78 is 5.28. The molecule has 0 amide bonds. The molecule has 0 spiro atoms. The van der Waals surface area contributed by atoms with Crippen molar-refractivity contribution in [3.05, 3.63) is 35.9 Å². The molecule has 1 aromatic rings. The molecule has 1 fully saturated rings. The highest BCUT2D eigenvalue weighted by Crippen LogP contribution is 2.16. The van der Waals surface area contributed by atoms with Crippen molar-refractivity contribution >= 4 is 24.8 Å². The number of nitrogens with zero attached hydrogens (tertiary/aromatic N) is 1. The maximum atomic E-state index is 10.1. The average molecular weight is 309 g/mol. The van der Waals surface area contributed by atoms with E-state index in [0.29, 0.717) is 6.54 Å². The van der Waals surface area contributed by atoms with E-state index in [1.165, 1.54) is 0 Å². The summed E-state index contributed by atoms with van der Waals surface area (Å²) in [7, 11) is 0. The number of nitrogens with two attached hydrogens (primary N) is 1. The summed E-state index contributed by atoms with van der Waals surface area (Å²) in [5.41, 5.74) is 6.93. The Bertz CT molecular complexity index is 335. The summed E-state index contributed by atoms with van der Waals surface area (Å²) in [6.45, 7) is 4.02. The van der Waals surface area contributed by atoms with Crippen LogP contribution in [-0.4, -0.2) is 48.9 Å². The fourth-order valence-electron chi connectivity index (χ4n) is 2.08. The zero-order valence-corrected chi connectivity index (χ0v) is 12.4. The standard InChI is InChI=1S/C13H20N2O2.2ClH/c14-12(10-15-6-8-17-9-7-15)13(16)11-4-2-1-3-5-11;;/h1-5,12-13,16H,6-10,14H2;2*1H/t12-,13-;;/m0../s1. The van der Waals surface area contributed by atoms with Crippen molar-refractivity contribution in [2.24, 2.45) is 5.73 Å². The van der Waals surface area contributed by atoms with Crippen molar-refractivity contribution < 1.29 is 9.84 Å². The van der Waals surface area contributed by atoms with E-state index >= 15 is 0 Å². The van der Waals surface area contributed by atoms with E-state index < -0.39 is 6.10 Å². The van der Waals surface area contributed by atoms with Crippen LogP contribution in [0.4, 0.5) is 0 Å². The van der Waals surface area contributed by atoms with E-state index in [1.807, 2.05) is 30.3 Å². The molecule has 1 aliphatic heterocycles. The minimum Gasteiger partial charge on any atom is -0.387 e. The van der Waals surface area contributed by atoms with Gasteiger partial charge in [0, 0.05) is 25.7 Å². The first-order chi connectivity index (χ1) is 8.27. The van der Waals surface area contributed by atoms with Gasteiger partial charge in [-0.25, -0.2) is 0 Å². The Morgan fingerprint density at radius 1 is 1.16 bits per heavy atom. The van der Waals surface area contributed by atoms with Gasteiger partial charge in [0.25, 0.3) is 0 Å². The molecule has 0 bridgehead atoms. The monoisotopic (exact) mass is 308 g/mol. The van der Waals surface area contributed by atoms with Crippen LogP contribution in [0.1, 0.15) is 11.7 Å². The SMILES string of the molecule is Cl.Cl.N[C@@H](CN1CCOCC1)[C@@H](O)c1ccccc1. The minimum absolute atomic E-state index is 0. The zero-order chi connectivity index (χ0) is 12.1. The lowest BCUT2D eigenvalue weighted by atomic mass is 10.0. The summed E-state index contributed by atoms with van der Waals surface area (Å²) in [6, 6.07) is 9.33. The Morgan fingerprint density at radius 3 is 2.32 bits per heavy atom. The number of morpholine rings is 1. The molecule has 0 aromatic heterocycles. The third-order valence-corrected chi connectivity index (χ3v) is 3.12. The van der Waals surface area contributed by atoms with E-state index in [0.717, 1.165) is 31.9 Å². The fraction of sp³-hybridized carbons (Fsp3) is 0.538. The summed E-state index contributed by atoms with van der Waals surface area (Å²) in [4.78, 5) is 2.24. The van der Waals surface area contributed by atoms with E-state index in [-0.39, 0.29) is 30.9 Å². The van der Waals surface area contributed by atoms with Crippen LogP contribution in [0.15, 0.2) is 30.3 Å². The van der Waals surface area contributed by atoms with Crippen LogP contribution in [0.5, 0.6) is 0 Å². The first-order valence-electron chi connectivity index (χ1n) is 6.06. The molecule has 2 rings (SSSR count). The number of aliphatic hydroxyl groups excluding tert-OH is 1. The predicted molar refractivity (Wildman–Crippen MR) is 81.1 cm³/mol. The molecule has 0 aliphatic carbocycles. The molecule has 6 heteroatoms. The van der Waals surface area contributed by atoms with Gasteiger partial charge >= 0.3 is 0 Å². The van der Waals surface area contributed by atoms with Gasteiger partial charge in [0.15, 0.2) is 0 Å². The van der Waals surface area contributed by atoms with Gasteiger partial charge in [-0.05, 0) is 5.56 Å². The van der Waals surface area contributed by atoms with Crippen LogP contribution in [0.2, 0.25) is 0 Å². The van der Waals surface area contributed by atoms with E-state index in [4.69, 9.17) is 10.5 Å². The summed E-state index contributed by atoms with van der Waals surface area (Å²) >= 11 is 0. The molecule has 1 aromatic carbocycles. The first kappa shape index (κ1) is 18.6. The molecular formula is C13H22Cl2N2O2. The molecule has 1 aliphatic rings. The number of hydrogen-bond donors (Lipinski definition) is 2. The molecule has 0 unspecified atom stereocenters. The van der Waals surface area contributed by atoms with E-state index in [9.17, 15) is 5.11 Å². The molecular weight excluding hydrogens is 287 g/mol. The second kappa shape index (κ2) is 9.53. The Balaban J connectivity index is 0.00000162. The highest BCUT2D eigenvalue weighted by Gasteiger charge is 2.20. The van der Waals surface area contributed by atoms with Crippen molar-refractivity contribution in [3.8, 4) is 0 Å². The smallest absolute Gasteiger partial charge is 0.0953 e. The summed E-state index contributed by atoms with van der Waals surface area (Å²) in [5.74, 6) is 0. The van der Waals surface area contributed by atoms with Crippen LogP contribution in [0.3, 0.4) is 0 Å². The summed E-state index contributed by atoms with van der Waals surface area (Å²) in [6.07, 6.45) is -0.598. The number of ether oxygens (including phenoxy) is 1. The topological polar surface area (TPSA) is 58.7 Å². The largest absolute Gasteiger partial charge is 0.387 e. The predicted octanol–water partition coefficient (Wildman–Crippen LogP) is 1.22. The van der Waals surface area contributed by atoms with Crippen molar-refractivity contribution in [1.29, 1.82) is 0 Å². The van der Waals surface area contributed by atoms with Crippen LogP contribution < -0.4 is 5.73 Å². The Kier molecular flexibility index (Phi) is 9.35. The van der Waals surface area contributed by atoms with Crippen LogP contribution in [0, 0.1) is 0 Å². The lowest BCUT2D eigenvalue weighted by Gasteiger charge is -2.30. The second-order valence-corrected chi connectivity index (χ2v) is 4.43. The van der Waals surface area contributed by atoms with Crippen molar-refractivity contribution in [2.75, 3.05) is 32.8 Å². The van der Waals surface area contributed by atoms with E-state index in [1.54, 1.807) is 0 Å². The van der Waals surface area contributed by atoms with Gasteiger partial charge in [-0.3, -0.25) is 4.90 Å². The number of rotatable bonds is 4. The lowest BCUT2D eigenvalue weighted by molar-refractivity contribution is 0.0249. The molecule has 4 nitrogen and oxygen atoms in total. The quantitative estimate of drug-likeness (QED) is 0.878. The van der Waals surface area contributed by atoms with E-state index in [2.05, 4.69) is 4.90 Å². The van der Waals surface area contributed by atoms with Gasteiger partial charge in [-0.2, -0.15) is 0 Å². The molecule has 3 N–H and O–H groups in total. The van der Waals surface area contributed by atoms with Gasteiger partial charge in [-0.1, -0.05) is 30.3 Å². The van der Waals surface area contributed by atoms with Gasteiger partial charge in [0.1, 0.15) is 0 Å². The number of halogens is 2. The van der Waals surface area contributed by atoms with Crippen molar-refractivity contribution in [3.63, 3.8) is 0 Å². The minimum atomic E-state index is -0.598. The maximum absolute atomic E-state index is 10.1. The number of aliphatic hydroxyl groups is 1. The molecule has 0 saturated carbocycles. The molecule has 1 heterocycles. The molecule has 0 radical (unpaired) electrons. The lowest BCUT2D eigenvalue weighted by Crippen LogP contribution is -2.45. The highest BCUT2D eigenvalue weighted by atomic mass is 35.5. The maximum Gasteiger partial charge on any atom is 0.0953 e. The normalized spacial score (nSPS) is 18.8. The zero-order valence-electron chi connectivity index (χ0n) is 10.8. The number of benzene rings is 1. The molecule has 1 saturated heterocycles. The third kappa shape index (κ3) is 5.65. The first-order valence-corrected chi connectivity index (χ1v) is 6.06. The van der Waals surface area contributed by atoms with Crippen molar-refractivity contribution in [2.45, 2.75) is 12.1 Å². The van der Waals surface area contributed by atoms with Gasteiger partial charge in [0.05, 0.1) is 19.3 Å².